The molecule has 1 aromatic rings. The van der Waals surface area contributed by atoms with Gasteiger partial charge in [0.2, 0.25) is 0 Å². The van der Waals surface area contributed by atoms with Gasteiger partial charge in [-0.1, -0.05) is 0 Å². The van der Waals surface area contributed by atoms with E-state index in [0.717, 1.165) is 10.2 Å². The normalized spacial score (nSPS) is 14.5. The van der Waals surface area contributed by atoms with Gasteiger partial charge in [0.05, 0.1) is 24.4 Å². The van der Waals surface area contributed by atoms with E-state index in [1.807, 2.05) is 6.07 Å². The molecule has 0 saturated heterocycles. The highest BCUT2D eigenvalue weighted by molar-refractivity contribution is 9.10. The van der Waals surface area contributed by atoms with E-state index in [9.17, 15) is 4.79 Å². The molecule has 0 unspecified atom stereocenters. The fraction of sp³-hybridized carbons (Fsp3) is 0.400. The predicted molar refractivity (Wildman–Crippen MR) is 58.6 cm³/mol. The van der Waals surface area contributed by atoms with Crippen molar-refractivity contribution < 1.29 is 9.53 Å². The van der Waals surface area contributed by atoms with Crippen molar-refractivity contribution in [3.63, 3.8) is 0 Å². The Balaban J connectivity index is 2.18. The van der Waals surface area contributed by atoms with Crippen molar-refractivity contribution in [2.75, 3.05) is 20.3 Å². The first-order valence-electron chi connectivity index (χ1n) is 4.65. The van der Waals surface area contributed by atoms with Gasteiger partial charge >= 0.3 is 0 Å². The van der Waals surface area contributed by atoms with Gasteiger partial charge in [-0.2, -0.15) is 0 Å². The van der Waals surface area contributed by atoms with Gasteiger partial charge in [-0.3, -0.25) is 9.78 Å². The molecule has 0 saturated carbocycles. The summed E-state index contributed by atoms with van der Waals surface area (Å²) in [5.41, 5.74) is 1.54. The molecule has 80 valence electrons. The summed E-state index contributed by atoms with van der Waals surface area (Å²) in [5, 5.41) is 0. The molecule has 0 aromatic carbocycles. The molecule has 0 fully saturated rings. The minimum Gasteiger partial charge on any atom is -0.383 e. The van der Waals surface area contributed by atoms with Crippen molar-refractivity contribution in [3.05, 3.63) is 28.0 Å². The monoisotopic (exact) mass is 270 g/mol. The molecular weight excluding hydrogens is 260 g/mol. The zero-order chi connectivity index (χ0) is 10.8. The molecule has 5 heteroatoms. The summed E-state index contributed by atoms with van der Waals surface area (Å²) in [4.78, 5) is 17.8. The zero-order valence-electron chi connectivity index (χ0n) is 8.36. The van der Waals surface area contributed by atoms with E-state index in [2.05, 4.69) is 20.9 Å². The quantitative estimate of drug-likeness (QED) is 0.835. The number of carbonyl (C=O) groups is 1. The number of carbonyl (C=O) groups excluding carboxylic acids is 1. The molecule has 2 rings (SSSR count). The Bertz CT molecular complexity index is 395. The second kappa shape index (κ2) is 4.28. The number of hydrogen-bond donors (Lipinski definition) is 0. The number of aromatic nitrogens is 1. The molecule has 0 aliphatic carbocycles. The van der Waals surface area contributed by atoms with Crippen LogP contribution in [0, 0.1) is 0 Å². The van der Waals surface area contributed by atoms with Gasteiger partial charge in [0.1, 0.15) is 0 Å². The lowest BCUT2D eigenvalue weighted by molar-refractivity contribution is 0.0719. The van der Waals surface area contributed by atoms with Gasteiger partial charge in [-0.25, -0.2) is 0 Å². The summed E-state index contributed by atoms with van der Waals surface area (Å²) in [5.74, 6) is 0.0378. The maximum absolute atomic E-state index is 11.9. The second-order valence-corrected chi connectivity index (χ2v) is 4.28. The first kappa shape index (κ1) is 10.6. The number of ether oxygens (including phenoxy) is 1. The van der Waals surface area contributed by atoms with Crippen LogP contribution >= 0.6 is 15.9 Å². The van der Waals surface area contributed by atoms with Crippen LogP contribution in [0.15, 0.2) is 16.7 Å². The molecule has 1 aromatic heterocycles. The van der Waals surface area contributed by atoms with E-state index in [1.54, 1.807) is 18.2 Å². The van der Waals surface area contributed by atoms with Crippen molar-refractivity contribution in [1.29, 1.82) is 0 Å². The molecule has 0 atom stereocenters. The Morgan fingerprint density at radius 2 is 2.47 bits per heavy atom. The van der Waals surface area contributed by atoms with Gasteiger partial charge in [0, 0.05) is 24.3 Å². The van der Waals surface area contributed by atoms with Gasteiger partial charge < -0.3 is 9.64 Å². The average Bonchev–Trinajstić information content (AvgIpc) is 2.53. The number of hydrogen-bond acceptors (Lipinski definition) is 3. The van der Waals surface area contributed by atoms with Crippen LogP contribution in [0.25, 0.3) is 0 Å². The standard InChI is InChI=1S/C10H11BrN2O2/c1-15-3-2-13-6-9-8(10(13)14)4-7(11)5-12-9/h4-5H,2-3,6H2,1H3. The molecule has 0 bridgehead atoms. The summed E-state index contributed by atoms with van der Waals surface area (Å²) in [7, 11) is 1.63. The van der Waals surface area contributed by atoms with Crippen molar-refractivity contribution in [1.82, 2.24) is 9.88 Å². The lowest BCUT2D eigenvalue weighted by atomic mass is 10.2. The minimum absolute atomic E-state index is 0.0378. The highest BCUT2D eigenvalue weighted by atomic mass is 79.9. The largest absolute Gasteiger partial charge is 0.383 e. The minimum atomic E-state index is 0.0378. The van der Waals surface area contributed by atoms with E-state index in [1.165, 1.54) is 0 Å². The molecule has 15 heavy (non-hydrogen) atoms. The smallest absolute Gasteiger partial charge is 0.256 e. The number of pyridine rings is 1. The van der Waals surface area contributed by atoms with Gasteiger partial charge in [-0.05, 0) is 22.0 Å². The van der Waals surface area contributed by atoms with Crippen LogP contribution in [0.4, 0.5) is 0 Å². The number of nitrogens with zero attached hydrogens (tertiary/aromatic N) is 2. The molecule has 1 aliphatic rings. The molecule has 0 radical (unpaired) electrons. The van der Waals surface area contributed by atoms with E-state index in [-0.39, 0.29) is 5.91 Å². The first-order valence-corrected chi connectivity index (χ1v) is 5.44. The molecular formula is C10H11BrN2O2. The Hall–Kier alpha value is -0.940. The van der Waals surface area contributed by atoms with Crippen molar-refractivity contribution >= 4 is 21.8 Å². The zero-order valence-corrected chi connectivity index (χ0v) is 9.95. The van der Waals surface area contributed by atoms with Gasteiger partial charge in [0.25, 0.3) is 5.91 Å². The van der Waals surface area contributed by atoms with E-state index in [0.29, 0.717) is 25.3 Å². The van der Waals surface area contributed by atoms with Crippen molar-refractivity contribution in [3.8, 4) is 0 Å². The third-order valence-electron chi connectivity index (χ3n) is 2.36. The first-order chi connectivity index (χ1) is 7.22. The summed E-state index contributed by atoms with van der Waals surface area (Å²) in [6.07, 6.45) is 1.71. The molecule has 4 nitrogen and oxygen atoms in total. The highest BCUT2D eigenvalue weighted by Crippen LogP contribution is 2.23. The Morgan fingerprint density at radius 1 is 1.67 bits per heavy atom. The van der Waals surface area contributed by atoms with E-state index >= 15 is 0 Å². The predicted octanol–water partition coefficient (Wildman–Crippen LogP) is 1.45. The molecule has 0 N–H and O–H groups in total. The highest BCUT2D eigenvalue weighted by Gasteiger charge is 2.28. The van der Waals surface area contributed by atoms with Crippen LogP contribution < -0.4 is 0 Å². The summed E-state index contributed by atoms with van der Waals surface area (Å²) >= 11 is 3.31. The summed E-state index contributed by atoms with van der Waals surface area (Å²) < 4.78 is 5.79. The number of halogens is 1. The Labute approximate surface area is 96.4 Å². The number of amides is 1. The van der Waals surface area contributed by atoms with Gasteiger partial charge in [-0.15, -0.1) is 0 Å². The third-order valence-corrected chi connectivity index (χ3v) is 2.79. The number of rotatable bonds is 3. The third kappa shape index (κ3) is 2.03. The summed E-state index contributed by atoms with van der Waals surface area (Å²) in [6.45, 7) is 1.76. The maximum atomic E-state index is 11.9. The average molecular weight is 271 g/mol. The Kier molecular flexibility index (Phi) is 3.02. The van der Waals surface area contributed by atoms with Crippen molar-refractivity contribution in [2.45, 2.75) is 6.54 Å². The molecule has 2 heterocycles. The van der Waals surface area contributed by atoms with Crippen LogP contribution in [0.1, 0.15) is 16.1 Å². The topological polar surface area (TPSA) is 42.4 Å². The van der Waals surface area contributed by atoms with Crippen LogP contribution in [0.2, 0.25) is 0 Å². The number of fused-ring (bicyclic) bond motifs is 1. The molecule has 0 spiro atoms. The second-order valence-electron chi connectivity index (χ2n) is 3.37. The van der Waals surface area contributed by atoms with E-state index in [4.69, 9.17) is 4.74 Å². The number of methoxy groups -OCH3 is 1. The summed E-state index contributed by atoms with van der Waals surface area (Å²) in [6, 6.07) is 1.82. The molecule has 1 aliphatic heterocycles. The SMILES string of the molecule is COCCN1Cc2ncc(Br)cc2C1=O. The fourth-order valence-electron chi connectivity index (χ4n) is 1.58. The van der Waals surface area contributed by atoms with Gasteiger partial charge in [0.15, 0.2) is 0 Å². The Morgan fingerprint density at radius 3 is 3.20 bits per heavy atom. The fourth-order valence-corrected chi connectivity index (χ4v) is 1.92. The van der Waals surface area contributed by atoms with Crippen molar-refractivity contribution in [2.24, 2.45) is 0 Å². The maximum Gasteiger partial charge on any atom is 0.256 e. The van der Waals surface area contributed by atoms with Crippen LogP contribution in [-0.2, 0) is 11.3 Å². The van der Waals surface area contributed by atoms with Crippen LogP contribution in [0.3, 0.4) is 0 Å². The molecule has 1 amide bonds. The van der Waals surface area contributed by atoms with Crippen LogP contribution in [-0.4, -0.2) is 36.1 Å². The lowest BCUT2D eigenvalue weighted by Gasteiger charge is -2.13. The lowest BCUT2D eigenvalue weighted by Crippen LogP contribution is -2.27. The van der Waals surface area contributed by atoms with E-state index < -0.39 is 0 Å². The van der Waals surface area contributed by atoms with Crippen LogP contribution in [0.5, 0.6) is 0 Å².